The number of nitrogens with one attached hydrogen (secondary N) is 2. The van der Waals surface area contributed by atoms with Crippen molar-refractivity contribution in [3.8, 4) is 0 Å². The molecule has 0 spiro atoms. The van der Waals surface area contributed by atoms with E-state index in [1.165, 1.54) is 6.21 Å². The van der Waals surface area contributed by atoms with E-state index in [0.29, 0.717) is 5.69 Å². The first-order valence-corrected chi connectivity index (χ1v) is 7.24. The van der Waals surface area contributed by atoms with Gasteiger partial charge in [-0.25, -0.2) is 5.43 Å². The van der Waals surface area contributed by atoms with E-state index in [4.69, 9.17) is 0 Å². The van der Waals surface area contributed by atoms with Gasteiger partial charge < -0.3 is 5.32 Å². The average Bonchev–Trinajstić information content (AvgIpc) is 2.52. The van der Waals surface area contributed by atoms with E-state index >= 15 is 0 Å². The van der Waals surface area contributed by atoms with E-state index in [1.807, 2.05) is 63.2 Å². The Bertz CT molecular complexity index is 729. The Hall–Kier alpha value is -2.95. The largest absolute Gasteiger partial charge is 0.329 e. The number of hydrazone groups is 1. The Balaban J connectivity index is 1.95. The molecule has 0 fully saturated rings. The summed E-state index contributed by atoms with van der Waals surface area (Å²) in [6, 6.07) is 13.3. The van der Waals surface area contributed by atoms with Crippen molar-refractivity contribution in [2.45, 2.75) is 20.8 Å². The van der Waals surface area contributed by atoms with Gasteiger partial charge in [0.25, 0.3) is 0 Å². The van der Waals surface area contributed by atoms with Gasteiger partial charge in [0.2, 0.25) is 0 Å². The molecule has 2 aromatic carbocycles. The Morgan fingerprint density at radius 2 is 1.52 bits per heavy atom. The second kappa shape index (κ2) is 7.35. The van der Waals surface area contributed by atoms with Gasteiger partial charge in [-0.1, -0.05) is 48.0 Å². The quantitative estimate of drug-likeness (QED) is 0.520. The molecule has 0 bridgehead atoms. The molecule has 2 amide bonds. The average molecular weight is 309 g/mol. The first kappa shape index (κ1) is 16.4. The fourth-order valence-electron chi connectivity index (χ4n) is 2.05. The first-order chi connectivity index (χ1) is 11.0. The van der Waals surface area contributed by atoms with Gasteiger partial charge in [0.15, 0.2) is 0 Å². The standard InChI is InChI=1S/C18H19N3O2/c1-12-7-9-15(10-8-12)11-19-21-18(23)17(22)20-16-13(2)5-4-6-14(16)3/h4-11H,1-3H3,(H,20,22)(H,21,23). The van der Waals surface area contributed by atoms with Crippen LogP contribution in [0.3, 0.4) is 0 Å². The van der Waals surface area contributed by atoms with Gasteiger partial charge >= 0.3 is 11.8 Å². The fraction of sp³-hybridized carbons (Fsp3) is 0.167. The lowest BCUT2D eigenvalue weighted by Crippen LogP contribution is -2.32. The summed E-state index contributed by atoms with van der Waals surface area (Å²) in [5.41, 5.74) is 6.64. The third-order valence-corrected chi connectivity index (χ3v) is 3.38. The third kappa shape index (κ3) is 4.51. The zero-order valence-electron chi connectivity index (χ0n) is 13.4. The lowest BCUT2D eigenvalue weighted by molar-refractivity contribution is -0.136. The van der Waals surface area contributed by atoms with E-state index in [1.54, 1.807) is 0 Å². The van der Waals surface area contributed by atoms with Crippen molar-refractivity contribution in [3.05, 3.63) is 64.7 Å². The van der Waals surface area contributed by atoms with E-state index in [0.717, 1.165) is 22.3 Å². The van der Waals surface area contributed by atoms with Crippen molar-refractivity contribution in [2.24, 2.45) is 5.10 Å². The van der Waals surface area contributed by atoms with Crippen LogP contribution in [0.1, 0.15) is 22.3 Å². The normalized spacial score (nSPS) is 10.6. The second-order valence-corrected chi connectivity index (χ2v) is 5.33. The van der Waals surface area contributed by atoms with Crippen LogP contribution in [0.4, 0.5) is 5.69 Å². The summed E-state index contributed by atoms with van der Waals surface area (Å²) in [6.07, 6.45) is 1.49. The molecular formula is C18H19N3O2. The predicted octanol–water partition coefficient (Wildman–Crippen LogP) is 2.70. The van der Waals surface area contributed by atoms with Gasteiger partial charge in [-0.15, -0.1) is 0 Å². The van der Waals surface area contributed by atoms with Crippen molar-refractivity contribution in [2.75, 3.05) is 5.32 Å². The molecular weight excluding hydrogens is 290 g/mol. The molecule has 2 rings (SSSR count). The van der Waals surface area contributed by atoms with Crippen molar-refractivity contribution >= 4 is 23.7 Å². The summed E-state index contributed by atoms with van der Waals surface area (Å²) in [5.74, 6) is -1.56. The van der Waals surface area contributed by atoms with Crippen LogP contribution in [-0.4, -0.2) is 18.0 Å². The molecule has 0 atom stereocenters. The van der Waals surface area contributed by atoms with Gasteiger partial charge in [-0.05, 0) is 37.5 Å². The number of carbonyl (C=O) groups excluding carboxylic acids is 2. The number of hydrogen-bond donors (Lipinski definition) is 2. The molecule has 23 heavy (non-hydrogen) atoms. The SMILES string of the molecule is Cc1ccc(C=NNC(=O)C(=O)Nc2c(C)cccc2C)cc1. The Morgan fingerprint density at radius 3 is 2.13 bits per heavy atom. The zero-order chi connectivity index (χ0) is 16.8. The summed E-state index contributed by atoms with van der Waals surface area (Å²) in [6.45, 7) is 5.73. The summed E-state index contributed by atoms with van der Waals surface area (Å²) in [7, 11) is 0. The summed E-state index contributed by atoms with van der Waals surface area (Å²) >= 11 is 0. The molecule has 2 N–H and O–H groups in total. The number of benzene rings is 2. The molecule has 0 radical (unpaired) electrons. The maximum absolute atomic E-state index is 11.9. The molecule has 0 aliphatic heterocycles. The lowest BCUT2D eigenvalue weighted by Gasteiger charge is -2.10. The minimum absolute atomic E-state index is 0.648. The van der Waals surface area contributed by atoms with Gasteiger partial charge in [0.1, 0.15) is 0 Å². The predicted molar refractivity (Wildman–Crippen MR) is 91.5 cm³/mol. The van der Waals surface area contributed by atoms with Crippen LogP contribution in [0.15, 0.2) is 47.6 Å². The first-order valence-electron chi connectivity index (χ1n) is 7.24. The van der Waals surface area contributed by atoms with Crippen LogP contribution >= 0.6 is 0 Å². The van der Waals surface area contributed by atoms with Gasteiger partial charge in [0, 0.05) is 5.69 Å². The van der Waals surface area contributed by atoms with Gasteiger partial charge in [-0.2, -0.15) is 5.10 Å². The van der Waals surface area contributed by atoms with Crippen LogP contribution in [-0.2, 0) is 9.59 Å². The van der Waals surface area contributed by atoms with E-state index in [9.17, 15) is 9.59 Å². The number of hydrogen-bond acceptors (Lipinski definition) is 3. The van der Waals surface area contributed by atoms with Crippen LogP contribution in [0.25, 0.3) is 0 Å². The minimum atomic E-state index is -0.809. The number of nitrogens with zero attached hydrogens (tertiary/aromatic N) is 1. The summed E-state index contributed by atoms with van der Waals surface area (Å²) < 4.78 is 0. The summed E-state index contributed by atoms with van der Waals surface area (Å²) in [5, 5.41) is 6.40. The van der Waals surface area contributed by atoms with Crippen molar-refractivity contribution < 1.29 is 9.59 Å². The number of amides is 2. The van der Waals surface area contributed by atoms with Crippen LogP contribution in [0.5, 0.6) is 0 Å². The Kier molecular flexibility index (Phi) is 5.25. The maximum atomic E-state index is 11.9. The van der Waals surface area contributed by atoms with E-state index in [2.05, 4.69) is 15.8 Å². The number of para-hydroxylation sites is 1. The molecule has 0 aliphatic rings. The van der Waals surface area contributed by atoms with Crippen LogP contribution in [0, 0.1) is 20.8 Å². The molecule has 0 saturated heterocycles. The number of anilines is 1. The van der Waals surface area contributed by atoms with Crippen molar-refractivity contribution in [1.29, 1.82) is 0 Å². The zero-order valence-corrected chi connectivity index (χ0v) is 13.4. The van der Waals surface area contributed by atoms with E-state index in [-0.39, 0.29) is 0 Å². The maximum Gasteiger partial charge on any atom is 0.329 e. The number of rotatable bonds is 3. The molecule has 0 aliphatic carbocycles. The number of aryl methyl sites for hydroxylation is 3. The highest BCUT2D eigenvalue weighted by atomic mass is 16.2. The highest BCUT2D eigenvalue weighted by Crippen LogP contribution is 2.19. The summed E-state index contributed by atoms with van der Waals surface area (Å²) in [4.78, 5) is 23.7. The monoisotopic (exact) mass is 309 g/mol. The molecule has 2 aromatic rings. The number of carbonyl (C=O) groups is 2. The Morgan fingerprint density at radius 1 is 0.913 bits per heavy atom. The second-order valence-electron chi connectivity index (χ2n) is 5.33. The molecule has 0 aromatic heterocycles. The highest BCUT2D eigenvalue weighted by molar-refractivity contribution is 6.39. The molecule has 5 heteroatoms. The van der Waals surface area contributed by atoms with Crippen molar-refractivity contribution in [3.63, 3.8) is 0 Å². The lowest BCUT2D eigenvalue weighted by atomic mass is 10.1. The smallest absolute Gasteiger partial charge is 0.317 e. The topological polar surface area (TPSA) is 70.6 Å². The minimum Gasteiger partial charge on any atom is -0.317 e. The van der Waals surface area contributed by atoms with Gasteiger partial charge in [-0.3, -0.25) is 9.59 Å². The molecule has 0 heterocycles. The molecule has 118 valence electrons. The van der Waals surface area contributed by atoms with Crippen LogP contribution in [0.2, 0.25) is 0 Å². The van der Waals surface area contributed by atoms with E-state index < -0.39 is 11.8 Å². The van der Waals surface area contributed by atoms with Crippen molar-refractivity contribution in [1.82, 2.24) is 5.43 Å². The van der Waals surface area contributed by atoms with Gasteiger partial charge in [0.05, 0.1) is 6.21 Å². The molecule has 0 saturated carbocycles. The molecule has 0 unspecified atom stereocenters. The van der Waals surface area contributed by atoms with Crippen LogP contribution < -0.4 is 10.7 Å². The fourth-order valence-corrected chi connectivity index (χ4v) is 2.05. The highest BCUT2D eigenvalue weighted by Gasteiger charge is 2.14. The molecule has 5 nitrogen and oxygen atoms in total. The third-order valence-electron chi connectivity index (χ3n) is 3.38. The Labute approximate surface area is 135 Å².